The zero-order valence-electron chi connectivity index (χ0n) is 11.3. The number of furan rings is 1. The summed E-state index contributed by atoms with van der Waals surface area (Å²) in [5.74, 6) is 0.890. The van der Waals surface area contributed by atoms with E-state index >= 15 is 0 Å². The number of aromatic nitrogens is 1. The first-order valence-electron chi connectivity index (χ1n) is 6.43. The maximum Gasteiger partial charge on any atom is 0.152 e. The molecule has 1 atom stereocenters. The summed E-state index contributed by atoms with van der Waals surface area (Å²) in [5, 5.41) is 8.14. The van der Waals surface area contributed by atoms with Crippen LogP contribution in [-0.2, 0) is 6.42 Å². The number of likely N-dealkylation sites (N-methyl/N-ethyl adjacent to an activating group) is 1. The molecule has 2 aromatic heterocycles. The molecule has 3 rings (SSSR count). The van der Waals surface area contributed by atoms with Crippen LogP contribution in [0.3, 0.4) is 0 Å². The van der Waals surface area contributed by atoms with Gasteiger partial charge in [0.1, 0.15) is 5.76 Å². The standard InChI is InChI=1S/C15H15ClN2OS/c1-9-18-11(8-20-9)7-13(17-2)14-6-10-4-3-5-12(16)15(10)19-14/h3-6,8,13,17H,7H2,1-2H3. The number of aryl methyl sites for hydroxylation is 1. The highest BCUT2D eigenvalue weighted by Crippen LogP contribution is 2.30. The van der Waals surface area contributed by atoms with E-state index in [2.05, 4.69) is 15.7 Å². The largest absolute Gasteiger partial charge is 0.458 e. The number of benzene rings is 1. The van der Waals surface area contributed by atoms with Crippen molar-refractivity contribution >= 4 is 33.9 Å². The average molecular weight is 307 g/mol. The zero-order chi connectivity index (χ0) is 14.1. The van der Waals surface area contributed by atoms with Crippen molar-refractivity contribution in [3.63, 3.8) is 0 Å². The molecule has 3 aromatic rings. The molecule has 2 heterocycles. The molecular formula is C15H15ClN2OS. The van der Waals surface area contributed by atoms with Gasteiger partial charge in [-0.05, 0) is 26.1 Å². The van der Waals surface area contributed by atoms with Crippen molar-refractivity contribution in [2.75, 3.05) is 7.05 Å². The third kappa shape index (κ3) is 2.59. The molecule has 1 unspecified atom stereocenters. The highest BCUT2D eigenvalue weighted by Gasteiger charge is 2.17. The van der Waals surface area contributed by atoms with Crippen molar-refractivity contribution in [1.29, 1.82) is 0 Å². The van der Waals surface area contributed by atoms with Crippen LogP contribution in [0.2, 0.25) is 5.02 Å². The van der Waals surface area contributed by atoms with Crippen LogP contribution in [0.4, 0.5) is 0 Å². The molecule has 3 nitrogen and oxygen atoms in total. The predicted octanol–water partition coefficient (Wildman–Crippen LogP) is 4.35. The first-order chi connectivity index (χ1) is 9.67. The zero-order valence-corrected chi connectivity index (χ0v) is 12.9. The third-order valence-electron chi connectivity index (χ3n) is 3.29. The van der Waals surface area contributed by atoms with Crippen molar-refractivity contribution in [3.05, 3.63) is 51.1 Å². The van der Waals surface area contributed by atoms with Gasteiger partial charge in [0.25, 0.3) is 0 Å². The van der Waals surface area contributed by atoms with E-state index < -0.39 is 0 Å². The fraction of sp³-hybridized carbons (Fsp3) is 0.267. The Morgan fingerprint density at radius 1 is 1.45 bits per heavy atom. The topological polar surface area (TPSA) is 38.1 Å². The Bertz CT molecular complexity index is 734. The first-order valence-corrected chi connectivity index (χ1v) is 7.69. The molecule has 0 aliphatic rings. The number of hydrogen-bond acceptors (Lipinski definition) is 4. The maximum absolute atomic E-state index is 6.16. The van der Waals surface area contributed by atoms with Gasteiger partial charge in [-0.25, -0.2) is 4.98 Å². The van der Waals surface area contributed by atoms with Crippen LogP contribution < -0.4 is 5.32 Å². The summed E-state index contributed by atoms with van der Waals surface area (Å²) in [6, 6.07) is 7.92. The number of halogens is 1. The number of fused-ring (bicyclic) bond motifs is 1. The number of nitrogens with zero attached hydrogens (tertiary/aromatic N) is 1. The summed E-state index contributed by atoms with van der Waals surface area (Å²) in [4.78, 5) is 4.51. The molecule has 1 N–H and O–H groups in total. The van der Waals surface area contributed by atoms with Crippen LogP contribution in [0.15, 0.2) is 34.1 Å². The van der Waals surface area contributed by atoms with Crippen LogP contribution in [0.25, 0.3) is 11.0 Å². The van der Waals surface area contributed by atoms with E-state index in [1.165, 1.54) is 0 Å². The van der Waals surface area contributed by atoms with Crippen molar-refractivity contribution in [1.82, 2.24) is 10.3 Å². The van der Waals surface area contributed by atoms with Crippen LogP contribution in [0.5, 0.6) is 0 Å². The summed E-state index contributed by atoms with van der Waals surface area (Å²) >= 11 is 7.83. The lowest BCUT2D eigenvalue weighted by molar-refractivity contribution is 0.449. The molecule has 1 aromatic carbocycles. The molecule has 0 radical (unpaired) electrons. The molecule has 0 saturated heterocycles. The van der Waals surface area contributed by atoms with Gasteiger partial charge in [0, 0.05) is 17.2 Å². The predicted molar refractivity (Wildman–Crippen MR) is 83.6 cm³/mol. The fourth-order valence-electron chi connectivity index (χ4n) is 2.28. The Labute approximate surface area is 126 Å². The summed E-state index contributed by atoms with van der Waals surface area (Å²) < 4.78 is 5.91. The molecule has 20 heavy (non-hydrogen) atoms. The van der Waals surface area contributed by atoms with Gasteiger partial charge in [0.15, 0.2) is 5.58 Å². The fourth-order valence-corrected chi connectivity index (χ4v) is 3.12. The van der Waals surface area contributed by atoms with E-state index in [1.54, 1.807) is 11.3 Å². The summed E-state index contributed by atoms with van der Waals surface area (Å²) in [7, 11) is 1.93. The third-order valence-corrected chi connectivity index (χ3v) is 4.41. The number of rotatable bonds is 4. The average Bonchev–Trinajstić information content (AvgIpc) is 3.03. The molecular weight excluding hydrogens is 292 g/mol. The Hall–Kier alpha value is -1.36. The van der Waals surface area contributed by atoms with E-state index in [4.69, 9.17) is 16.0 Å². The van der Waals surface area contributed by atoms with Gasteiger partial charge in [-0.3, -0.25) is 0 Å². The Kier molecular flexibility index (Phi) is 3.78. The van der Waals surface area contributed by atoms with Crippen molar-refractivity contribution in [2.24, 2.45) is 0 Å². The highest BCUT2D eigenvalue weighted by molar-refractivity contribution is 7.09. The van der Waals surface area contributed by atoms with Gasteiger partial charge < -0.3 is 9.73 Å². The van der Waals surface area contributed by atoms with E-state index in [0.29, 0.717) is 5.02 Å². The van der Waals surface area contributed by atoms with Crippen LogP contribution in [-0.4, -0.2) is 12.0 Å². The lowest BCUT2D eigenvalue weighted by atomic mass is 10.1. The van der Waals surface area contributed by atoms with Crippen LogP contribution in [0, 0.1) is 6.92 Å². The van der Waals surface area contributed by atoms with Crippen LogP contribution in [0.1, 0.15) is 22.5 Å². The monoisotopic (exact) mass is 306 g/mol. The van der Waals surface area contributed by atoms with Gasteiger partial charge in [-0.15, -0.1) is 11.3 Å². The molecule has 0 spiro atoms. The van der Waals surface area contributed by atoms with E-state index in [9.17, 15) is 0 Å². The summed E-state index contributed by atoms with van der Waals surface area (Å²) in [6.07, 6.45) is 0.804. The van der Waals surface area contributed by atoms with E-state index in [0.717, 1.165) is 33.9 Å². The van der Waals surface area contributed by atoms with Gasteiger partial charge in [0.2, 0.25) is 0 Å². The van der Waals surface area contributed by atoms with Crippen molar-refractivity contribution in [2.45, 2.75) is 19.4 Å². The van der Waals surface area contributed by atoms with Gasteiger partial charge in [-0.2, -0.15) is 0 Å². The number of nitrogens with one attached hydrogen (secondary N) is 1. The molecule has 0 aliphatic carbocycles. The minimum Gasteiger partial charge on any atom is -0.458 e. The van der Waals surface area contributed by atoms with Gasteiger partial charge >= 0.3 is 0 Å². The minimum absolute atomic E-state index is 0.0972. The second kappa shape index (κ2) is 5.56. The number of thiazole rings is 1. The molecule has 104 valence electrons. The van der Waals surface area contributed by atoms with Crippen LogP contribution >= 0.6 is 22.9 Å². The van der Waals surface area contributed by atoms with Gasteiger partial charge in [0.05, 0.1) is 21.8 Å². The quantitative estimate of drug-likeness (QED) is 0.778. The Morgan fingerprint density at radius 2 is 2.30 bits per heavy atom. The molecule has 0 fully saturated rings. The van der Waals surface area contributed by atoms with Crippen molar-refractivity contribution in [3.8, 4) is 0 Å². The molecule has 0 bridgehead atoms. The van der Waals surface area contributed by atoms with E-state index in [1.807, 2.05) is 38.2 Å². The number of hydrogen-bond donors (Lipinski definition) is 1. The summed E-state index contributed by atoms with van der Waals surface area (Å²) in [6.45, 7) is 2.02. The van der Waals surface area contributed by atoms with E-state index in [-0.39, 0.29) is 6.04 Å². The first kappa shape index (κ1) is 13.6. The lowest BCUT2D eigenvalue weighted by Gasteiger charge is -2.11. The SMILES string of the molecule is CNC(Cc1csc(C)n1)c1cc2cccc(Cl)c2o1. The summed E-state index contributed by atoms with van der Waals surface area (Å²) in [5.41, 5.74) is 1.83. The second-order valence-electron chi connectivity index (χ2n) is 4.71. The second-order valence-corrected chi connectivity index (χ2v) is 6.18. The minimum atomic E-state index is 0.0972. The van der Waals surface area contributed by atoms with Crippen molar-refractivity contribution < 1.29 is 4.42 Å². The smallest absolute Gasteiger partial charge is 0.152 e. The Balaban J connectivity index is 1.92. The van der Waals surface area contributed by atoms with Gasteiger partial charge in [-0.1, -0.05) is 23.7 Å². The normalized spacial score (nSPS) is 12.9. The molecule has 5 heteroatoms. The Morgan fingerprint density at radius 3 is 2.95 bits per heavy atom. The lowest BCUT2D eigenvalue weighted by Crippen LogP contribution is -2.18. The molecule has 0 saturated carbocycles. The molecule has 0 aliphatic heterocycles. The maximum atomic E-state index is 6.16. The molecule has 0 amide bonds. The number of para-hydroxylation sites is 1. The highest BCUT2D eigenvalue weighted by atomic mass is 35.5.